The molecule has 12 heteroatoms. The molecule has 0 aliphatic carbocycles. The van der Waals surface area contributed by atoms with E-state index in [0.717, 1.165) is 0 Å². The quantitative estimate of drug-likeness (QED) is 0.264. The molecule has 3 rings (SSSR count). The number of nitrogens with one attached hydrogen (secondary N) is 2. The SMILES string of the molecule is CCC(COc1cc2ncnc(Nc3ccc(Br)cc3F)c2cc1[N+](=O)[O-])NC(=O)OC(C)(C)C. The Bertz CT molecular complexity index is 1250. The number of alkyl carbamates (subject to hydrolysis) is 1. The average molecular weight is 550 g/mol. The minimum absolute atomic E-state index is 0.0218. The van der Waals surface area contributed by atoms with E-state index in [4.69, 9.17) is 9.47 Å². The van der Waals surface area contributed by atoms with Gasteiger partial charge in [-0.3, -0.25) is 10.1 Å². The lowest BCUT2D eigenvalue weighted by Crippen LogP contribution is -2.41. The van der Waals surface area contributed by atoms with Crippen molar-refractivity contribution in [2.75, 3.05) is 11.9 Å². The first kappa shape index (κ1) is 26.1. The van der Waals surface area contributed by atoms with Crippen molar-refractivity contribution in [3.05, 3.63) is 57.1 Å². The Kier molecular flexibility index (Phi) is 8.05. The zero-order chi connectivity index (χ0) is 25.8. The highest BCUT2D eigenvalue weighted by Gasteiger charge is 2.23. The van der Waals surface area contributed by atoms with E-state index in [2.05, 4.69) is 36.5 Å². The lowest BCUT2D eigenvalue weighted by Gasteiger charge is -2.23. The van der Waals surface area contributed by atoms with Crippen LogP contribution in [-0.4, -0.2) is 39.2 Å². The fourth-order valence-corrected chi connectivity index (χ4v) is 3.41. The molecule has 0 fully saturated rings. The number of benzene rings is 2. The number of aromatic nitrogens is 2. The second-order valence-electron chi connectivity index (χ2n) is 8.63. The van der Waals surface area contributed by atoms with Crippen molar-refractivity contribution in [3.8, 4) is 5.75 Å². The van der Waals surface area contributed by atoms with Gasteiger partial charge in [-0.2, -0.15) is 0 Å². The van der Waals surface area contributed by atoms with Crippen LogP contribution in [0.25, 0.3) is 10.9 Å². The molecule has 1 heterocycles. The van der Waals surface area contributed by atoms with Gasteiger partial charge in [0.15, 0.2) is 5.75 Å². The third-order valence-electron chi connectivity index (χ3n) is 4.75. The van der Waals surface area contributed by atoms with E-state index in [1.165, 1.54) is 30.6 Å². The smallest absolute Gasteiger partial charge is 0.407 e. The normalized spacial score (nSPS) is 12.2. The molecule has 0 saturated heterocycles. The van der Waals surface area contributed by atoms with E-state index < -0.39 is 28.5 Å². The Morgan fingerprint density at radius 3 is 2.63 bits per heavy atom. The van der Waals surface area contributed by atoms with Crippen molar-refractivity contribution in [1.82, 2.24) is 15.3 Å². The number of hydrogen-bond donors (Lipinski definition) is 2. The highest BCUT2D eigenvalue weighted by molar-refractivity contribution is 9.10. The van der Waals surface area contributed by atoms with Gasteiger partial charge in [-0.1, -0.05) is 22.9 Å². The summed E-state index contributed by atoms with van der Waals surface area (Å²) < 4.78 is 25.8. The number of anilines is 2. The third kappa shape index (κ3) is 6.98. The number of ether oxygens (including phenoxy) is 2. The molecule has 2 N–H and O–H groups in total. The molecule has 35 heavy (non-hydrogen) atoms. The molecule has 10 nitrogen and oxygen atoms in total. The minimum Gasteiger partial charge on any atom is -0.485 e. The summed E-state index contributed by atoms with van der Waals surface area (Å²) in [7, 11) is 0. The van der Waals surface area contributed by atoms with Gasteiger partial charge in [0.2, 0.25) is 0 Å². The van der Waals surface area contributed by atoms with E-state index in [1.807, 2.05) is 6.92 Å². The summed E-state index contributed by atoms with van der Waals surface area (Å²) in [6, 6.07) is 6.70. The Morgan fingerprint density at radius 1 is 1.26 bits per heavy atom. The Labute approximate surface area is 209 Å². The average Bonchev–Trinajstić information content (AvgIpc) is 2.76. The van der Waals surface area contributed by atoms with Crippen LogP contribution in [0.3, 0.4) is 0 Å². The predicted molar refractivity (Wildman–Crippen MR) is 133 cm³/mol. The highest BCUT2D eigenvalue weighted by atomic mass is 79.9. The van der Waals surface area contributed by atoms with Crippen molar-refractivity contribution < 1.29 is 23.6 Å². The largest absolute Gasteiger partial charge is 0.485 e. The molecule has 0 bridgehead atoms. The Balaban J connectivity index is 1.86. The number of nitrogens with zero attached hydrogens (tertiary/aromatic N) is 3. The van der Waals surface area contributed by atoms with Crippen LogP contribution in [0.5, 0.6) is 5.75 Å². The van der Waals surface area contributed by atoms with Crippen LogP contribution in [0.1, 0.15) is 34.1 Å². The van der Waals surface area contributed by atoms with Gasteiger partial charge in [-0.05, 0) is 45.4 Å². The minimum atomic E-state index is -0.662. The van der Waals surface area contributed by atoms with E-state index in [9.17, 15) is 19.3 Å². The summed E-state index contributed by atoms with van der Waals surface area (Å²) in [5.41, 5.74) is -0.479. The standard InChI is InChI=1S/C23H25BrFN5O5/c1-5-14(28-22(31)35-23(2,3)4)11-34-20-10-18-15(9-19(20)30(32)33)21(27-12-26-18)29-17-7-6-13(24)8-16(17)25/h6-10,12,14H,5,11H2,1-4H3,(H,28,31)(H,26,27,29). The third-order valence-corrected chi connectivity index (χ3v) is 5.24. The van der Waals surface area contributed by atoms with Gasteiger partial charge in [-0.25, -0.2) is 19.2 Å². The van der Waals surface area contributed by atoms with Gasteiger partial charge in [-0.15, -0.1) is 0 Å². The maximum atomic E-state index is 14.3. The van der Waals surface area contributed by atoms with E-state index in [1.54, 1.807) is 26.8 Å². The van der Waals surface area contributed by atoms with Gasteiger partial charge in [0.05, 0.1) is 27.6 Å². The van der Waals surface area contributed by atoms with Crippen molar-refractivity contribution in [2.45, 2.75) is 45.8 Å². The van der Waals surface area contributed by atoms with Gasteiger partial charge < -0.3 is 20.1 Å². The molecular weight excluding hydrogens is 525 g/mol. The first-order valence-electron chi connectivity index (χ1n) is 10.7. The molecule has 1 aromatic heterocycles. The molecule has 1 amide bonds. The summed E-state index contributed by atoms with van der Waals surface area (Å²) in [5.74, 6) is -0.348. The van der Waals surface area contributed by atoms with Crippen molar-refractivity contribution in [3.63, 3.8) is 0 Å². The zero-order valence-corrected chi connectivity index (χ0v) is 21.2. The van der Waals surface area contributed by atoms with Gasteiger partial charge in [0, 0.05) is 16.6 Å². The van der Waals surface area contributed by atoms with Crippen LogP contribution in [-0.2, 0) is 4.74 Å². The molecule has 0 radical (unpaired) electrons. The molecular formula is C23H25BrFN5O5. The van der Waals surface area contributed by atoms with Crippen molar-refractivity contribution in [1.29, 1.82) is 0 Å². The number of amides is 1. The fourth-order valence-electron chi connectivity index (χ4n) is 3.07. The summed E-state index contributed by atoms with van der Waals surface area (Å²) in [5, 5.41) is 17.6. The number of hydrogen-bond acceptors (Lipinski definition) is 8. The maximum absolute atomic E-state index is 14.3. The summed E-state index contributed by atoms with van der Waals surface area (Å²) in [4.78, 5) is 31.6. The van der Waals surface area contributed by atoms with Crippen molar-refractivity contribution in [2.24, 2.45) is 0 Å². The topological polar surface area (TPSA) is 129 Å². The van der Waals surface area contributed by atoms with Crippen LogP contribution >= 0.6 is 15.9 Å². The first-order chi connectivity index (χ1) is 16.5. The van der Waals surface area contributed by atoms with E-state index in [-0.39, 0.29) is 29.5 Å². The zero-order valence-electron chi connectivity index (χ0n) is 19.6. The number of carbonyl (C=O) groups excluding carboxylic acids is 1. The van der Waals surface area contributed by atoms with Crippen molar-refractivity contribution >= 4 is 50.1 Å². The van der Waals surface area contributed by atoms with E-state index in [0.29, 0.717) is 21.8 Å². The number of nitro benzene ring substituents is 1. The lowest BCUT2D eigenvalue weighted by atomic mass is 10.2. The molecule has 186 valence electrons. The number of fused-ring (bicyclic) bond motifs is 1. The Hall–Kier alpha value is -3.54. The van der Waals surface area contributed by atoms with Gasteiger partial charge >= 0.3 is 11.8 Å². The lowest BCUT2D eigenvalue weighted by molar-refractivity contribution is -0.385. The fraction of sp³-hybridized carbons (Fsp3) is 0.348. The molecule has 0 saturated carbocycles. The molecule has 0 aliphatic rings. The molecule has 2 aromatic carbocycles. The molecule has 0 aliphatic heterocycles. The second-order valence-corrected chi connectivity index (χ2v) is 9.54. The van der Waals surface area contributed by atoms with Crippen LogP contribution in [0, 0.1) is 15.9 Å². The van der Waals surface area contributed by atoms with Gasteiger partial charge in [0.1, 0.15) is 30.2 Å². The number of rotatable bonds is 8. The highest BCUT2D eigenvalue weighted by Crippen LogP contribution is 2.35. The van der Waals surface area contributed by atoms with Gasteiger partial charge in [0.25, 0.3) is 0 Å². The Morgan fingerprint density at radius 2 is 2.00 bits per heavy atom. The molecule has 0 spiro atoms. The number of nitro groups is 1. The monoisotopic (exact) mass is 549 g/mol. The summed E-state index contributed by atoms with van der Waals surface area (Å²) in [6.07, 6.45) is 1.16. The number of carbonyl (C=O) groups is 1. The number of halogens is 2. The summed E-state index contributed by atoms with van der Waals surface area (Å²) >= 11 is 3.20. The second kappa shape index (κ2) is 10.8. The van der Waals surface area contributed by atoms with Crippen LogP contribution in [0.15, 0.2) is 41.1 Å². The molecule has 1 unspecified atom stereocenters. The first-order valence-corrected chi connectivity index (χ1v) is 11.5. The molecule has 1 atom stereocenters. The van der Waals surface area contributed by atoms with Crippen LogP contribution < -0.4 is 15.4 Å². The van der Waals surface area contributed by atoms with E-state index >= 15 is 0 Å². The van der Waals surface area contributed by atoms with Crippen LogP contribution in [0.2, 0.25) is 0 Å². The van der Waals surface area contributed by atoms with Crippen LogP contribution in [0.4, 0.5) is 26.4 Å². The maximum Gasteiger partial charge on any atom is 0.407 e. The predicted octanol–water partition coefficient (Wildman–Crippen LogP) is 5.87. The molecule has 3 aromatic rings. The summed E-state index contributed by atoms with van der Waals surface area (Å²) in [6.45, 7) is 7.06.